The lowest BCUT2D eigenvalue weighted by Gasteiger charge is -2.28. The van der Waals surface area contributed by atoms with Crippen molar-refractivity contribution < 1.29 is 23.8 Å². The number of hydrogen-bond acceptors (Lipinski definition) is 5. The highest BCUT2D eigenvalue weighted by Crippen LogP contribution is 2.30. The maximum atomic E-state index is 12.7. The molecule has 5 rings (SSSR count). The summed E-state index contributed by atoms with van der Waals surface area (Å²) in [5, 5.41) is 2.94. The first-order chi connectivity index (χ1) is 15.6. The molecule has 32 heavy (non-hydrogen) atoms. The van der Waals surface area contributed by atoms with Crippen molar-refractivity contribution in [1.82, 2.24) is 5.32 Å². The van der Waals surface area contributed by atoms with Gasteiger partial charge in [-0.3, -0.25) is 9.59 Å². The predicted octanol–water partition coefficient (Wildman–Crippen LogP) is 3.11. The fourth-order valence-electron chi connectivity index (χ4n) is 3.99. The molecule has 6 nitrogen and oxygen atoms in total. The molecule has 1 unspecified atom stereocenters. The molecule has 3 atom stereocenters. The molecule has 2 saturated heterocycles. The first-order valence-corrected chi connectivity index (χ1v) is 11.5. The van der Waals surface area contributed by atoms with Crippen LogP contribution < -0.4 is 14.8 Å². The lowest BCUT2D eigenvalue weighted by atomic mass is 9.86. The van der Waals surface area contributed by atoms with Gasteiger partial charge in [-0.1, -0.05) is 24.3 Å². The quantitative estimate of drug-likeness (QED) is 0.581. The van der Waals surface area contributed by atoms with E-state index in [9.17, 15) is 9.59 Å². The second-order valence-corrected chi connectivity index (χ2v) is 9.15. The molecule has 2 aromatic rings. The number of Topliss-reactive ketones (excluding diaryl/α,β-unsaturated/α-hetero) is 1. The molecule has 168 valence electrons. The van der Waals surface area contributed by atoms with Crippen molar-refractivity contribution in [3.05, 3.63) is 59.7 Å². The van der Waals surface area contributed by atoms with E-state index in [1.807, 2.05) is 48.5 Å². The Kier molecular flexibility index (Phi) is 6.12. The van der Waals surface area contributed by atoms with Gasteiger partial charge in [-0.2, -0.15) is 0 Å². The van der Waals surface area contributed by atoms with Crippen LogP contribution in [0.2, 0.25) is 0 Å². The number of amides is 1. The standard InChI is InChI=1S/C26H29NO5/c28-25-13-20(11-17-3-7-21(8-4-17)30-14-19-1-2-19)26(29)27-24(25)12-18-5-9-22(10-6-18)31-15-23-16-32-23/h3-10,19-20,23-24H,1-2,11-16H2,(H,27,29)/t20-,23?,24-/m1/s1. The SMILES string of the molecule is O=C1N[C@H](Cc2ccc(OCC3CO3)cc2)C(=O)C[C@H]1Cc1ccc(OCC2CC2)cc1. The van der Waals surface area contributed by atoms with Gasteiger partial charge in [0.1, 0.15) is 24.2 Å². The van der Waals surface area contributed by atoms with Crippen LogP contribution in [0.1, 0.15) is 30.4 Å². The monoisotopic (exact) mass is 435 g/mol. The number of nitrogens with one attached hydrogen (secondary N) is 1. The second-order valence-electron chi connectivity index (χ2n) is 9.15. The molecule has 2 aromatic carbocycles. The summed E-state index contributed by atoms with van der Waals surface area (Å²) in [5.74, 6) is 2.08. The zero-order chi connectivity index (χ0) is 21.9. The zero-order valence-electron chi connectivity index (χ0n) is 18.1. The van der Waals surface area contributed by atoms with Crippen LogP contribution in [0.25, 0.3) is 0 Å². The maximum Gasteiger partial charge on any atom is 0.224 e. The molecule has 6 heteroatoms. The smallest absolute Gasteiger partial charge is 0.224 e. The average Bonchev–Trinajstić information content (AvgIpc) is 3.71. The molecule has 1 saturated carbocycles. The zero-order valence-corrected chi connectivity index (χ0v) is 18.1. The predicted molar refractivity (Wildman–Crippen MR) is 119 cm³/mol. The molecular formula is C26H29NO5. The van der Waals surface area contributed by atoms with Crippen molar-refractivity contribution in [1.29, 1.82) is 0 Å². The van der Waals surface area contributed by atoms with E-state index < -0.39 is 6.04 Å². The molecule has 0 bridgehead atoms. The van der Waals surface area contributed by atoms with E-state index in [0.717, 1.165) is 35.8 Å². The van der Waals surface area contributed by atoms with Crippen LogP contribution in [0.3, 0.4) is 0 Å². The summed E-state index contributed by atoms with van der Waals surface area (Å²) in [5.41, 5.74) is 2.04. The average molecular weight is 436 g/mol. The summed E-state index contributed by atoms with van der Waals surface area (Å²) >= 11 is 0. The van der Waals surface area contributed by atoms with E-state index in [2.05, 4.69) is 5.32 Å². The van der Waals surface area contributed by atoms with Gasteiger partial charge in [0.25, 0.3) is 0 Å². The molecule has 0 radical (unpaired) electrons. The lowest BCUT2D eigenvalue weighted by molar-refractivity contribution is -0.136. The molecule has 0 aromatic heterocycles. The fraction of sp³-hybridized carbons (Fsp3) is 0.462. The van der Waals surface area contributed by atoms with Gasteiger partial charge >= 0.3 is 0 Å². The largest absolute Gasteiger partial charge is 0.493 e. The highest BCUT2D eigenvalue weighted by atomic mass is 16.6. The van der Waals surface area contributed by atoms with Crippen molar-refractivity contribution in [2.24, 2.45) is 11.8 Å². The fourth-order valence-corrected chi connectivity index (χ4v) is 3.99. The number of carbonyl (C=O) groups is 2. The van der Waals surface area contributed by atoms with Gasteiger partial charge < -0.3 is 19.5 Å². The van der Waals surface area contributed by atoms with Crippen molar-refractivity contribution in [2.45, 2.75) is 44.2 Å². The Morgan fingerprint density at radius 3 is 2.03 bits per heavy atom. The van der Waals surface area contributed by atoms with Crippen LogP contribution in [0.15, 0.2) is 48.5 Å². The molecule has 0 spiro atoms. The summed E-state index contributed by atoms with van der Waals surface area (Å²) in [6.45, 7) is 2.11. The molecular weight excluding hydrogens is 406 g/mol. The molecule has 3 aliphatic rings. The molecule has 3 fully saturated rings. The van der Waals surface area contributed by atoms with Crippen LogP contribution in [0, 0.1) is 11.8 Å². The number of hydrogen-bond donors (Lipinski definition) is 1. The third-order valence-corrected chi connectivity index (χ3v) is 6.31. The van der Waals surface area contributed by atoms with Crippen LogP contribution in [0.5, 0.6) is 11.5 Å². The third kappa shape index (κ3) is 5.68. The van der Waals surface area contributed by atoms with Gasteiger partial charge in [0.05, 0.1) is 19.3 Å². The lowest BCUT2D eigenvalue weighted by Crippen LogP contribution is -2.51. The molecule has 2 aliphatic heterocycles. The van der Waals surface area contributed by atoms with E-state index in [1.165, 1.54) is 12.8 Å². The molecule has 2 heterocycles. The van der Waals surface area contributed by atoms with Gasteiger partial charge in [-0.05, 0) is 67.0 Å². The van der Waals surface area contributed by atoms with E-state index >= 15 is 0 Å². The maximum absolute atomic E-state index is 12.7. The van der Waals surface area contributed by atoms with E-state index in [4.69, 9.17) is 14.2 Å². The van der Waals surface area contributed by atoms with Crippen LogP contribution in [-0.2, 0) is 27.2 Å². The topological polar surface area (TPSA) is 77.2 Å². The Morgan fingerprint density at radius 2 is 1.44 bits per heavy atom. The second kappa shape index (κ2) is 9.33. The number of piperidine rings is 1. The number of rotatable bonds is 10. The van der Waals surface area contributed by atoms with Crippen molar-refractivity contribution in [3.8, 4) is 11.5 Å². The van der Waals surface area contributed by atoms with Crippen LogP contribution in [-0.4, -0.2) is 43.7 Å². The number of carbonyl (C=O) groups excluding carboxylic acids is 2. The Labute approximate surface area is 188 Å². The number of ketones is 1. The summed E-state index contributed by atoms with van der Waals surface area (Å²) in [4.78, 5) is 25.4. The van der Waals surface area contributed by atoms with Crippen LogP contribution >= 0.6 is 0 Å². The van der Waals surface area contributed by atoms with Gasteiger partial charge in [-0.15, -0.1) is 0 Å². The summed E-state index contributed by atoms with van der Waals surface area (Å²) in [6, 6.07) is 15.1. The normalized spacial score (nSPS) is 24.7. The van der Waals surface area contributed by atoms with E-state index in [0.29, 0.717) is 25.4 Å². The Balaban J connectivity index is 1.11. The first-order valence-electron chi connectivity index (χ1n) is 11.5. The highest BCUT2D eigenvalue weighted by Gasteiger charge is 2.34. The number of epoxide rings is 1. The van der Waals surface area contributed by atoms with Gasteiger partial charge in [0.15, 0.2) is 5.78 Å². The Morgan fingerprint density at radius 1 is 0.844 bits per heavy atom. The summed E-state index contributed by atoms with van der Waals surface area (Å²) in [7, 11) is 0. The third-order valence-electron chi connectivity index (χ3n) is 6.31. The van der Waals surface area contributed by atoms with Crippen molar-refractivity contribution in [2.75, 3.05) is 19.8 Å². The first kappa shape index (κ1) is 21.0. The van der Waals surface area contributed by atoms with E-state index in [1.54, 1.807) is 0 Å². The molecule has 1 N–H and O–H groups in total. The molecule has 1 aliphatic carbocycles. The molecule has 1 amide bonds. The number of ether oxygens (including phenoxy) is 3. The summed E-state index contributed by atoms with van der Waals surface area (Å²) < 4.78 is 16.6. The van der Waals surface area contributed by atoms with Crippen molar-refractivity contribution in [3.63, 3.8) is 0 Å². The van der Waals surface area contributed by atoms with E-state index in [-0.39, 0.29) is 30.1 Å². The van der Waals surface area contributed by atoms with Crippen LogP contribution in [0.4, 0.5) is 0 Å². The minimum Gasteiger partial charge on any atom is -0.493 e. The van der Waals surface area contributed by atoms with Crippen molar-refractivity contribution >= 4 is 11.7 Å². The number of benzene rings is 2. The summed E-state index contributed by atoms with van der Waals surface area (Å²) in [6.07, 6.45) is 4.08. The van der Waals surface area contributed by atoms with Gasteiger partial charge in [-0.25, -0.2) is 0 Å². The minimum atomic E-state index is -0.469. The highest BCUT2D eigenvalue weighted by molar-refractivity contribution is 5.97. The Bertz CT molecular complexity index is 868. The van der Waals surface area contributed by atoms with Gasteiger partial charge in [0.2, 0.25) is 5.91 Å². The minimum absolute atomic E-state index is 0.0481. The Hall–Kier alpha value is -2.86. The van der Waals surface area contributed by atoms with Gasteiger partial charge in [0, 0.05) is 12.3 Å².